The summed E-state index contributed by atoms with van der Waals surface area (Å²) in [5, 5.41) is 4.20. The van der Waals surface area contributed by atoms with Crippen LogP contribution in [0, 0.1) is 0 Å². The van der Waals surface area contributed by atoms with Crippen molar-refractivity contribution in [2.24, 2.45) is 0 Å². The molecule has 7 heteroatoms. The van der Waals surface area contributed by atoms with Crippen molar-refractivity contribution in [2.75, 3.05) is 32.8 Å². The average Bonchev–Trinajstić information content (AvgIpc) is 3.42. The first-order valence-electron chi connectivity index (χ1n) is 9.48. The van der Waals surface area contributed by atoms with Gasteiger partial charge in [-0.3, -0.25) is 9.59 Å². The van der Waals surface area contributed by atoms with Crippen molar-refractivity contribution in [1.82, 2.24) is 19.6 Å². The fraction of sp³-hybridized carbons (Fsp3) is 0.450. The smallest absolute Gasteiger partial charge is 0.251 e. The van der Waals surface area contributed by atoms with E-state index in [0.29, 0.717) is 39.2 Å². The van der Waals surface area contributed by atoms with Crippen molar-refractivity contribution >= 4 is 11.8 Å². The molecule has 2 saturated heterocycles. The highest BCUT2D eigenvalue weighted by Gasteiger charge is 2.31. The predicted molar refractivity (Wildman–Crippen MR) is 99.4 cm³/mol. The maximum atomic E-state index is 12.6. The molecule has 142 valence electrons. The fourth-order valence-corrected chi connectivity index (χ4v) is 3.63. The molecule has 27 heavy (non-hydrogen) atoms. The first-order chi connectivity index (χ1) is 13.2. The van der Waals surface area contributed by atoms with Crippen molar-refractivity contribution in [2.45, 2.75) is 25.4 Å². The Labute approximate surface area is 158 Å². The second kappa shape index (κ2) is 7.92. The number of rotatable bonds is 4. The zero-order valence-electron chi connectivity index (χ0n) is 15.3. The molecule has 1 aromatic carbocycles. The molecule has 0 unspecified atom stereocenters. The van der Waals surface area contributed by atoms with Crippen LogP contribution in [0.4, 0.5) is 0 Å². The molecule has 7 nitrogen and oxygen atoms in total. The van der Waals surface area contributed by atoms with Crippen LogP contribution in [0.25, 0.3) is 5.69 Å². The Kier molecular flexibility index (Phi) is 5.20. The van der Waals surface area contributed by atoms with Gasteiger partial charge in [0.1, 0.15) is 6.10 Å². The number of ether oxygens (including phenoxy) is 1. The third kappa shape index (κ3) is 4.03. The Bertz CT molecular complexity index is 774. The molecule has 0 N–H and O–H groups in total. The van der Waals surface area contributed by atoms with Gasteiger partial charge in [0.25, 0.3) is 5.91 Å². The van der Waals surface area contributed by atoms with Crippen molar-refractivity contribution in [3.63, 3.8) is 0 Å². The summed E-state index contributed by atoms with van der Waals surface area (Å²) in [6, 6.07) is 9.74. The number of carbonyl (C=O) groups is 2. The van der Waals surface area contributed by atoms with Crippen molar-refractivity contribution in [1.29, 1.82) is 0 Å². The van der Waals surface area contributed by atoms with Gasteiger partial charge in [-0.05, 0) is 36.6 Å². The van der Waals surface area contributed by atoms with E-state index in [0.717, 1.165) is 24.1 Å². The van der Waals surface area contributed by atoms with Gasteiger partial charge < -0.3 is 14.5 Å². The van der Waals surface area contributed by atoms with Crippen LogP contribution in [0.1, 0.15) is 18.4 Å². The zero-order valence-corrected chi connectivity index (χ0v) is 15.3. The van der Waals surface area contributed by atoms with E-state index in [9.17, 15) is 9.59 Å². The predicted octanol–water partition coefficient (Wildman–Crippen LogP) is 1.26. The largest absolute Gasteiger partial charge is 0.368 e. The quantitative estimate of drug-likeness (QED) is 0.815. The number of aromatic nitrogens is 2. The molecule has 4 rings (SSSR count). The molecule has 2 aliphatic rings. The minimum Gasteiger partial charge on any atom is -0.368 e. The molecular weight excluding hydrogens is 344 g/mol. The highest BCUT2D eigenvalue weighted by atomic mass is 16.5. The Morgan fingerprint density at radius 1 is 1.07 bits per heavy atom. The van der Waals surface area contributed by atoms with E-state index in [2.05, 4.69) is 5.10 Å². The average molecular weight is 368 g/mol. The Morgan fingerprint density at radius 3 is 2.44 bits per heavy atom. The Hall–Kier alpha value is -2.67. The van der Waals surface area contributed by atoms with Crippen LogP contribution in [-0.4, -0.2) is 70.3 Å². The lowest BCUT2D eigenvalue weighted by Crippen LogP contribution is -2.53. The van der Waals surface area contributed by atoms with Gasteiger partial charge in [-0.15, -0.1) is 0 Å². The van der Waals surface area contributed by atoms with E-state index in [4.69, 9.17) is 4.74 Å². The Balaban J connectivity index is 1.28. The van der Waals surface area contributed by atoms with Gasteiger partial charge in [0.05, 0.1) is 12.1 Å². The molecule has 3 heterocycles. The minimum absolute atomic E-state index is 0.0776. The van der Waals surface area contributed by atoms with Crippen molar-refractivity contribution < 1.29 is 14.3 Å². The van der Waals surface area contributed by atoms with E-state index >= 15 is 0 Å². The van der Waals surface area contributed by atoms with Gasteiger partial charge in [-0.25, -0.2) is 4.68 Å². The maximum absolute atomic E-state index is 12.6. The summed E-state index contributed by atoms with van der Waals surface area (Å²) in [6.45, 7) is 3.02. The van der Waals surface area contributed by atoms with Gasteiger partial charge in [-0.1, -0.05) is 12.1 Å². The summed E-state index contributed by atoms with van der Waals surface area (Å²) in [7, 11) is 0. The van der Waals surface area contributed by atoms with E-state index in [1.54, 1.807) is 10.9 Å². The third-order valence-electron chi connectivity index (χ3n) is 5.21. The number of amides is 2. The van der Waals surface area contributed by atoms with Crippen molar-refractivity contribution in [3.05, 3.63) is 48.3 Å². The first-order valence-corrected chi connectivity index (χ1v) is 9.48. The molecule has 0 bridgehead atoms. The monoisotopic (exact) mass is 368 g/mol. The standard InChI is InChI=1S/C20H24N4O3/c25-19(15-16-4-6-17(7-5-16)24-9-2-8-21-24)22-10-12-23(13-11-22)20(26)18-3-1-14-27-18/h2,4-9,18H,1,3,10-15H2/t18-/m0/s1. The fourth-order valence-electron chi connectivity index (χ4n) is 3.63. The SMILES string of the molecule is O=C(Cc1ccc(-n2cccn2)cc1)N1CCN(C(=O)[C@@H]2CCCO2)CC1. The molecule has 0 radical (unpaired) electrons. The molecule has 1 atom stereocenters. The summed E-state index contributed by atoms with van der Waals surface area (Å²) in [4.78, 5) is 28.7. The van der Waals surface area contributed by atoms with Gasteiger partial charge in [0.2, 0.25) is 5.91 Å². The molecule has 2 aliphatic heterocycles. The van der Waals surface area contributed by atoms with Crippen LogP contribution in [0.15, 0.2) is 42.7 Å². The molecule has 2 amide bonds. The third-order valence-corrected chi connectivity index (χ3v) is 5.21. The lowest BCUT2D eigenvalue weighted by molar-refractivity contribution is -0.145. The summed E-state index contributed by atoms with van der Waals surface area (Å²) in [5.41, 5.74) is 1.95. The summed E-state index contributed by atoms with van der Waals surface area (Å²) < 4.78 is 7.27. The van der Waals surface area contributed by atoms with E-state index in [1.165, 1.54) is 0 Å². The molecule has 0 aliphatic carbocycles. The zero-order chi connectivity index (χ0) is 18.6. The van der Waals surface area contributed by atoms with Crippen LogP contribution in [0.5, 0.6) is 0 Å². The van der Waals surface area contributed by atoms with Crippen LogP contribution < -0.4 is 0 Å². The molecule has 0 saturated carbocycles. The highest BCUT2D eigenvalue weighted by Crippen LogP contribution is 2.16. The normalized spacial score (nSPS) is 20.1. The maximum Gasteiger partial charge on any atom is 0.251 e. The molecule has 0 spiro atoms. The van der Waals surface area contributed by atoms with E-state index < -0.39 is 0 Å². The summed E-state index contributed by atoms with van der Waals surface area (Å²) in [5.74, 6) is 0.180. The van der Waals surface area contributed by atoms with E-state index in [1.807, 2.05) is 46.3 Å². The first kappa shape index (κ1) is 17.7. The van der Waals surface area contributed by atoms with Crippen molar-refractivity contribution in [3.8, 4) is 5.69 Å². The van der Waals surface area contributed by atoms with Gasteiger partial charge in [-0.2, -0.15) is 5.10 Å². The molecule has 2 aromatic rings. The molecule has 1 aromatic heterocycles. The summed E-state index contributed by atoms with van der Waals surface area (Å²) >= 11 is 0. The minimum atomic E-state index is -0.277. The summed E-state index contributed by atoms with van der Waals surface area (Å²) in [6.07, 6.45) is 5.48. The second-order valence-electron chi connectivity index (χ2n) is 7.00. The number of piperazine rings is 1. The van der Waals surface area contributed by atoms with Crippen LogP contribution in [0.3, 0.4) is 0 Å². The Morgan fingerprint density at radius 2 is 1.81 bits per heavy atom. The number of nitrogens with zero attached hydrogens (tertiary/aromatic N) is 4. The molecule has 2 fully saturated rings. The lowest BCUT2D eigenvalue weighted by Gasteiger charge is -2.35. The number of carbonyl (C=O) groups excluding carboxylic acids is 2. The highest BCUT2D eigenvalue weighted by molar-refractivity contribution is 5.82. The van der Waals surface area contributed by atoms with Gasteiger partial charge >= 0.3 is 0 Å². The van der Waals surface area contributed by atoms with Crippen LogP contribution in [-0.2, 0) is 20.7 Å². The van der Waals surface area contributed by atoms with Crippen LogP contribution >= 0.6 is 0 Å². The second-order valence-corrected chi connectivity index (χ2v) is 7.00. The lowest BCUT2D eigenvalue weighted by atomic mass is 10.1. The van der Waals surface area contributed by atoms with E-state index in [-0.39, 0.29) is 17.9 Å². The van der Waals surface area contributed by atoms with Crippen LogP contribution in [0.2, 0.25) is 0 Å². The number of hydrogen-bond acceptors (Lipinski definition) is 4. The van der Waals surface area contributed by atoms with Gasteiger partial charge in [0, 0.05) is 45.2 Å². The molecular formula is C20H24N4O3. The number of benzene rings is 1. The number of hydrogen-bond donors (Lipinski definition) is 0. The topological polar surface area (TPSA) is 67.7 Å². The van der Waals surface area contributed by atoms with Gasteiger partial charge in [0.15, 0.2) is 0 Å².